The summed E-state index contributed by atoms with van der Waals surface area (Å²) < 4.78 is 27.2. The lowest BCUT2D eigenvalue weighted by Gasteiger charge is -2.40. The molecule has 0 unspecified atom stereocenters. The summed E-state index contributed by atoms with van der Waals surface area (Å²) in [5, 5.41) is 24.0. The minimum absolute atomic E-state index is 0.0186. The van der Waals surface area contributed by atoms with Gasteiger partial charge in [0.2, 0.25) is 5.91 Å². The van der Waals surface area contributed by atoms with Crippen LogP contribution in [0.2, 0.25) is 0 Å². The number of phenolic OH excluding ortho intramolecular Hbond substituents is 2. The number of piperazine rings is 1. The number of aromatic hydroxyl groups is 2. The topological polar surface area (TPSA) is 76.0 Å². The number of phenols is 2. The molecule has 1 amide bonds. The van der Waals surface area contributed by atoms with E-state index in [2.05, 4.69) is 15.1 Å². The van der Waals surface area contributed by atoms with Gasteiger partial charge in [-0.25, -0.2) is 8.78 Å². The highest BCUT2D eigenvalue weighted by atomic mass is 32.2. The normalized spacial score (nSPS) is 14.5. The number of hydrogen-bond donors (Lipinski definition) is 3. The molecule has 5 rings (SSSR count). The molecule has 9 heteroatoms. The van der Waals surface area contributed by atoms with Crippen molar-refractivity contribution in [2.45, 2.75) is 23.8 Å². The van der Waals surface area contributed by atoms with Gasteiger partial charge in [0.1, 0.15) is 11.6 Å². The Bertz CT molecular complexity index is 1450. The van der Waals surface area contributed by atoms with E-state index in [0.717, 1.165) is 72.4 Å². The zero-order valence-electron chi connectivity index (χ0n) is 23.3. The maximum Gasteiger partial charge on any atom is 0.230 e. The van der Waals surface area contributed by atoms with Crippen molar-refractivity contribution in [2.75, 3.05) is 45.0 Å². The molecule has 0 aromatic heterocycles. The van der Waals surface area contributed by atoms with E-state index >= 15 is 0 Å². The number of fused-ring (bicyclic) bond motifs is 1. The number of nitrogens with one attached hydrogen (secondary N) is 1. The molecule has 0 radical (unpaired) electrons. The molecule has 4 aromatic rings. The molecule has 1 fully saturated rings. The van der Waals surface area contributed by atoms with Gasteiger partial charge < -0.3 is 20.4 Å². The number of amides is 1. The van der Waals surface area contributed by atoms with Gasteiger partial charge in [0.25, 0.3) is 0 Å². The van der Waals surface area contributed by atoms with Gasteiger partial charge in [0, 0.05) is 37.6 Å². The van der Waals surface area contributed by atoms with Crippen LogP contribution in [0.4, 0.5) is 8.78 Å². The minimum Gasteiger partial charge on any atom is -0.504 e. The zero-order chi connectivity index (χ0) is 29.5. The van der Waals surface area contributed by atoms with Crippen molar-refractivity contribution < 1.29 is 23.8 Å². The van der Waals surface area contributed by atoms with E-state index in [0.29, 0.717) is 12.3 Å². The molecule has 220 valence electrons. The van der Waals surface area contributed by atoms with Crippen LogP contribution in [0.1, 0.15) is 30.0 Å². The SMILES string of the molecule is O=C(CSc1ccc2cc(O)c(O)cc2c1)NCCCCN1CCN(C(c2ccc(F)cc2)c2ccc(F)cc2)CC1. The van der Waals surface area contributed by atoms with Crippen molar-refractivity contribution in [2.24, 2.45) is 0 Å². The fourth-order valence-electron chi connectivity index (χ4n) is 5.38. The predicted octanol–water partition coefficient (Wildman–Crippen LogP) is 5.92. The summed E-state index contributed by atoms with van der Waals surface area (Å²) in [6.07, 6.45) is 1.87. The summed E-state index contributed by atoms with van der Waals surface area (Å²) in [4.78, 5) is 18.1. The molecule has 0 saturated carbocycles. The van der Waals surface area contributed by atoms with Crippen LogP contribution < -0.4 is 5.32 Å². The van der Waals surface area contributed by atoms with Crippen molar-refractivity contribution in [3.8, 4) is 11.5 Å². The average Bonchev–Trinajstić information content (AvgIpc) is 2.99. The van der Waals surface area contributed by atoms with E-state index in [-0.39, 0.29) is 35.1 Å². The Hall–Kier alpha value is -3.66. The molecular formula is C33H35F2N3O3S. The summed E-state index contributed by atoms with van der Waals surface area (Å²) in [5.41, 5.74) is 1.98. The Morgan fingerprint density at radius 2 is 1.38 bits per heavy atom. The first-order valence-electron chi connectivity index (χ1n) is 14.2. The molecule has 3 N–H and O–H groups in total. The van der Waals surface area contributed by atoms with Crippen molar-refractivity contribution in [3.63, 3.8) is 0 Å². The lowest BCUT2D eigenvalue weighted by Crippen LogP contribution is -2.48. The lowest BCUT2D eigenvalue weighted by atomic mass is 9.96. The Kier molecular flexibility index (Phi) is 9.94. The number of unbranched alkanes of at least 4 members (excludes halogenated alkanes) is 1. The molecule has 0 spiro atoms. The molecule has 42 heavy (non-hydrogen) atoms. The van der Waals surface area contributed by atoms with Crippen LogP contribution in [0, 0.1) is 11.6 Å². The highest BCUT2D eigenvalue weighted by Gasteiger charge is 2.26. The third-order valence-electron chi connectivity index (χ3n) is 7.64. The molecule has 6 nitrogen and oxygen atoms in total. The molecule has 1 heterocycles. The molecular weight excluding hydrogens is 556 g/mol. The van der Waals surface area contributed by atoms with Gasteiger partial charge in [-0.1, -0.05) is 30.3 Å². The highest BCUT2D eigenvalue weighted by molar-refractivity contribution is 8.00. The van der Waals surface area contributed by atoms with E-state index in [1.54, 1.807) is 0 Å². The van der Waals surface area contributed by atoms with Crippen LogP contribution in [-0.4, -0.2) is 70.9 Å². The van der Waals surface area contributed by atoms with Gasteiger partial charge in [-0.3, -0.25) is 9.69 Å². The van der Waals surface area contributed by atoms with Gasteiger partial charge in [0.15, 0.2) is 11.5 Å². The average molecular weight is 592 g/mol. The Balaban J connectivity index is 1.02. The summed E-state index contributed by atoms with van der Waals surface area (Å²) in [5.74, 6) is -0.572. The predicted molar refractivity (Wildman–Crippen MR) is 163 cm³/mol. The maximum absolute atomic E-state index is 13.6. The van der Waals surface area contributed by atoms with E-state index in [4.69, 9.17) is 0 Å². The van der Waals surface area contributed by atoms with Crippen LogP contribution in [-0.2, 0) is 4.79 Å². The number of rotatable bonds is 11. The van der Waals surface area contributed by atoms with Crippen molar-refractivity contribution >= 4 is 28.4 Å². The lowest BCUT2D eigenvalue weighted by molar-refractivity contribution is -0.118. The van der Waals surface area contributed by atoms with Gasteiger partial charge >= 0.3 is 0 Å². The van der Waals surface area contributed by atoms with Gasteiger partial charge in [-0.05, 0) is 89.8 Å². The summed E-state index contributed by atoms with van der Waals surface area (Å²) >= 11 is 1.43. The fourth-order valence-corrected chi connectivity index (χ4v) is 6.15. The number of hydrogen-bond acceptors (Lipinski definition) is 6. The van der Waals surface area contributed by atoms with Crippen LogP contribution in [0.3, 0.4) is 0 Å². The standard InChI is InChI=1S/C33H35F2N3O3S/c34-27-8-3-23(4-9-27)33(24-5-10-28(35)11-6-24)38-17-15-37(16-18-38)14-2-1-13-36-32(41)22-42-29-12-7-25-20-30(39)31(40)21-26(25)19-29/h3-12,19-21,33,39-40H,1-2,13-18,22H2,(H,36,41). The third kappa shape index (κ3) is 7.79. The summed E-state index contributed by atoms with van der Waals surface area (Å²) in [7, 11) is 0. The van der Waals surface area contributed by atoms with E-state index in [9.17, 15) is 23.8 Å². The molecule has 0 bridgehead atoms. The largest absolute Gasteiger partial charge is 0.504 e. The second-order valence-corrected chi connectivity index (χ2v) is 11.6. The van der Waals surface area contributed by atoms with Crippen LogP contribution in [0.25, 0.3) is 10.8 Å². The smallest absolute Gasteiger partial charge is 0.230 e. The van der Waals surface area contributed by atoms with Crippen LogP contribution >= 0.6 is 11.8 Å². The van der Waals surface area contributed by atoms with E-state index < -0.39 is 0 Å². The number of thioether (sulfide) groups is 1. The highest BCUT2D eigenvalue weighted by Crippen LogP contribution is 2.33. The zero-order valence-corrected chi connectivity index (χ0v) is 24.1. The third-order valence-corrected chi connectivity index (χ3v) is 8.64. The minimum atomic E-state index is -0.272. The first kappa shape index (κ1) is 29.8. The number of carbonyl (C=O) groups is 1. The first-order chi connectivity index (χ1) is 20.4. The number of nitrogens with zero attached hydrogens (tertiary/aromatic N) is 2. The van der Waals surface area contributed by atoms with Gasteiger partial charge in [-0.15, -0.1) is 11.8 Å². The number of halogens is 2. The first-order valence-corrected chi connectivity index (χ1v) is 15.2. The number of benzene rings is 4. The number of carbonyl (C=O) groups excluding carboxylic acids is 1. The molecule has 1 saturated heterocycles. The van der Waals surface area contributed by atoms with Crippen molar-refractivity contribution in [1.82, 2.24) is 15.1 Å². The van der Waals surface area contributed by atoms with E-state index in [1.165, 1.54) is 48.2 Å². The van der Waals surface area contributed by atoms with Crippen molar-refractivity contribution in [1.29, 1.82) is 0 Å². The second kappa shape index (κ2) is 14.0. The molecule has 1 aliphatic rings. The Morgan fingerprint density at radius 1 is 0.786 bits per heavy atom. The summed E-state index contributed by atoms with van der Waals surface area (Å²) in [6, 6.07) is 21.8. The van der Waals surface area contributed by atoms with Gasteiger partial charge in [-0.2, -0.15) is 0 Å². The monoisotopic (exact) mass is 591 g/mol. The Labute approximate surface area is 249 Å². The fraction of sp³-hybridized carbons (Fsp3) is 0.303. The quantitative estimate of drug-likeness (QED) is 0.114. The molecule has 0 atom stereocenters. The summed E-state index contributed by atoms with van der Waals surface area (Å²) in [6.45, 7) is 5.10. The van der Waals surface area contributed by atoms with Crippen LogP contribution in [0.15, 0.2) is 83.8 Å². The Morgan fingerprint density at radius 3 is 2.00 bits per heavy atom. The second-order valence-electron chi connectivity index (χ2n) is 10.6. The van der Waals surface area contributed by atoms with E-state index in [1.807, 2.05) is 42.5 Å². The molecule has 1 aliphatic heterocycles. The van der Waals surface area contributed by atoms with Crippen LogP contribution in [0.5, 0.6) is 11.5 Å². The molecule has 4 aromatic carbocycles. The van der Waals surface area contributed by atoms with Gasteiger partial charge in [0.05, 0.1) is 11.8 Å². The maximum atomic E-state index is 13.6. The van der Waals surface area contributed by atoms with Crippen molar-refractivity contribution in [3.05, 3.63) is 102 Å². The molecule has 0 aliphatic carbocycles.